The molecule has 1 aromatic heterocycles. The van der Waals surface area contributed by atoms with Crippen molar-refractivity contribution in [3.05, 3.63) is 29.6 Å². The van der Waals surface area contributed by atoms with Gasteiger partial charge in [-0.2, -0.15) is 4.68 Å². The molecule has 0 spiro atoms. The molecule has 6 heteroatoms. The summed E-state index contributed by atoms with van der Waals surface area (Å²) in [6.45, 7) is 1.96. The van der Waals surface area contributed by atoms with E-state index in [2.05, 4.69) is 15.5 Å². The monoisotopic (exact) mass is 232 g/mol. The van der Waals surface area contributed by atoms with Crippen LogP contribution in [0.5, 0.6) is 5.75 Å². The summed E-state index contributed by atoms with van der Waals surface area (Å²) in [7, 11) is 1.52. The van der Waals surface area contributed by atoms with Gasteiger partial charge < -0.3 is 4.74 Å². The predicted molar refractivity (Wildman–Crippen MR) is 60.5 cm³/mol. The highest BCUT2D eigenvalue weighted by Gasteiger charge is 2.09. The molecule has 0 atom stereocenters. The number of carbonyl (C=O) groups is 1. The van der Waals surface area contributed by atoms with Crippen molar-refractivity contribution >= 4 is 6.29 Å². The molecule has 0 N–H and O–H groups in total. The van der Waals surface area contributed by atoms with Gasteiger partial charge in [-0.15, -0.1) is 5.10 Å². The van der Waals surface area contributed by atoms with Crippen LogP contribution in [0.1, 0.15) is 23.1 Å². The lowest BCUT2D eigenvalue weighted by molar-refractivity contribution is 0.112. The largest absolute Gasteiger partial charge is 0.496 e. The van der Waals surface area contributed by atoms with Crippen molar-refractivity contribution in [2.75, 3.05) is 7.11 Å². The minimum Gasteiger partial charge on any atom is -0.496 e. The first-order valence-electron chi connectivity index (χ1n) is 5.21. The number of tetrazole rings is 1. The van der Waals surface area contributed by atoms with Gasteiger partial charge in [0.05, 0.1) is 18.4 Å². The Labute approximate surface area is 98.2 Å². The molecule has 2 rings (SSSR count). The molecule has 0 aliphatic carbocycles. The van der Waals surface area contributed by atoms with Crippen LogP contribution in [-0.2, 0) is 6.42 Å². The zero-order valence-corrected chi connectivity index (χ0v) is 9.62. The van der Waals surface area contributed by atoms with E-state index in [0.29, 0.717) is 11.3 Å². The minimum absolute atomic E-state index is 0.475. The van der Waals surface area contributed by atoms with Gasteiger partial charge in [0.2, 0.25) is 0 Å². The summed E-state index contributed by atoms with van der Waals surface area (Å²) >= 11 is 0. The number of benzene rings is 1. The lowest BCUT2D eigenvalue weighted by Crippen LogP contribution is -2.03. The van der Waals surface area contributed by atoms with E-state index in [1.54, 1.807) is 22.9 Å². The molecule has 1 aromatic carbocycles. The lowest BCUT2D eigenvalue weighted by Gasteiger charge is -2.07. The molecule has 0 bridgehead atoms. The zero-order valence-electron chi connectivity index (χ0n) is 9.62. The number of nitrogens with zero attached hydrogens (tertiary/aromatic N) is 4. The van der Waals surface area contributed by atoms with Crippen molar-refractivity contribution in [1.29, 1.82) is 0 Å². The van der Waals surface area contributed by atoms with E-state index in [4.69, 9.17) is 4.74 Å². The van der Waals surface area contributed by atoms with Gasteiger partial charge in [0.15, 0.2) is 12.1 Å². The van der Waals surface area contributed by atoms with E-state index in [1.165, 1.54) is 7.11 Å². The van der Waals surface area contributed by atoms with Crippen LogP contribution in [0, 0.1) is 0 Å². The maximum atomic E-state index is 10.9. The van der Waals surface area contributed by atoms with Crippen molar-refractivity contribution in [2.45, 2.75) is 13.3 Å². The van der Waals surface area contributed by atoms with E-state index in [9.17, 15) is 4.79 Å². The fourth-order valence-electron chi connectivity index (χ4n) is 1.57. The Morgan fingerprint density at radius 3 is 2.94 bits per heavy atom. The number of aryl methyl sites for hydroxylation is 1. The van der Waals surface area contributed by atoms with Crippen LogP contribution in [0.15, 0.2) is 18.2 Å². The standard InChI is InChI=1S/C11H12N4O2/c1-3-11-12-13-14-15(11)9-4-5-10(17-2)8(6-9)7-16/h4-7H,3H2,1-2H3. The third-order valence-electron chi connectivity index (χ3n) is 2.44. The van der Waals surface area contributed by atoms with Gasteiger partial charge in [0, 0.05) is 6.42 Å². The van der Waals surface area contributed by atoms with E-state index in [1.807, 2.05) is 6.92 Å². The van der Waals surface area contributed by atoms with Gasteiger partial charge in [-0.25, -0.2) is 0 Å². The summed E-state index contributed by atoms with van der Waals surface area (Å²) in [6.07, 6.45) is 1.47. The quantitative estimate of drug-likeness (QED) is 0.737. The number of aldehydes is 1. The first kappa shape index (κ1) is 11.3. The SMILES string of the molecule is CCc1nnnn1-c1ccc(OC)c(C=O)c1. The summed E-state index contributed by atoms with van der Waals surface area (Å²) < 4.78 is 6.68. The van der Waals surface area contributed by atoms with E-state index in [-0.39, 0.29) is 0 Å². The summed E-state index contributed by atoms with van der Waals surface area (Å²) in [5, 5.41) is 11.4. The first-order valence-corrected chi connectivity index (χ1v) is 5.21. The van der Waals surface area contributed by atoms with Crippen LogP contribution in [0.2, 0.25) is 0 Å². The Kier molecular flexibility index (Phi) is 3.13. The van der Waals surface area contributed by atoms with Crippen LogP contribution in [-0.4, -0.2) is 33.6 Å². The lowest BCUT2D eigenvalue weighted by atomic mass is 10.2. The van der Waals surface area contributed by atoms with Crippen molar-refractivity contribution in [2.24, 2.45) is 0 Å². The molecule has 17 heavy (non-hydrogen) atoms. The van der Waals surface area contributed by atoms with Gasteiger partial charge in [-0.05, 0) is 28.6 Å². The van der Waals surface area contributed by atoms with Crippen molar-refractivity contribution < 1.29 is 9.53 Å². The molecule has 2 aromatic rings. The summed E-state index contributed by atoms with van der Waals surface area (Å²) in [6, 6.07) is 5.23. The molecule has 1 heterocycles. The number of carbonyl (C=O) groups excluding carboxylic acids is 1. The van der Waals surface area contributed by atoms with E-state index >= 15 is 0 Å². The summed E-state index contributed by atoms with van der Waals surface area (Å²) in [5.74, 6) is 1.28. The molecule has 0 saturated carbocycles. The molecule has 88 valence electrons. The smallest absolute Gasteiger partial charge is 0.156 e. The highest BCUT2D eigenvalue weighted by atomic mass is 16.5. The highest BCUT2D eigenvalue weighted by Crippen LogP contribution is 2.20. The number of methoxy groups -OCH3 is 1. The van der Waals surface area contributed by atoms with Gasteiger partial charge in [-0.3, -0.25) is 4.79 Å². The first-order chi connectivity index (χ1) is 8.30. The second-order valence-corrected chi connectivity index (χ2v) is 3.40. The van der Waals surface area contributed by atoms with Crippen LogP contribution >= 0.6 is 0 Å². The van der Waals surface area contributed by atoms with Gasteiger partial charge in [0.25, 0.3) is 0 Å². The van der Waals surface area contributed by atoms with Crippen LogP contribution < -0.4 is 4.74 Å². The average Bonchev–Trinajstić information content (AvgIpc) is 2.86. The molecule has 0 unspecified atom stereocenters. The van der Waals surface area contributed by atoms with Gasteiger partial charge >= 0.3 is 0 Å². The maximum Gasteiger partial charge on any atom is 0.156 e. The molecule has 6 nitrogen and oxygen atoms in total. The van der Waals surface area contributed by atoms with Crippen LogP contribution in [0.3, 0.4) is 0 Å². The third-order valence-corrected chi connectivity index (χ3v) is 2.44. The molecule has 0 amide bonds. The Bertz CT molecular complexity index is 536. The summed E-state index contributed by atoms with van der Waals surface area (Å²) in [4.78, 5) is 10.9. The second-order valence-electron chi connectivity index (χ2n) is 3.40. The maximum absolute atomic E-state index is 10.9. The molecule has 0 saturated heterocycles. The molecular formula is C11H12N4O2. The Morgan fingerprint density at radius 2 is 2.29 bits per heavy atom. The number of hydrogen-bond donors (Lipinski definition) is 0. The second kappa shape index (κ2) is 4.73. The predicted octanol–water partition coefficient (Wildman–Crippen LogP) is 1.05. The average molecular weight is 232 g/mol. The van der Waals surface area contributed by atoms with Gasteiger partial charge in [-0.1, -0.05) is 6.92 Å². The summed E-state index contributed by atoms with van der Waals surface area (Å²) in [5.41, 5.74) is 1.22. The third kappa shape index (κ3) is 2.01. The van der Waals surface area contributed by atoms with Crippen LogP contribution in [0.25, 0.3) is 5.69 Å². The number of hydrogen-bond acceptors (Lipinski definition) is 5. The molecule has 0 aliphatic rings. The number of aromatic nitrogens is 4. The van der Waals surface area contributed by atoms with Gasteiger partial charge in [0.1, 0.15) is 5.75 Å². The van der Waals surface area contributed by atoms with Crippen LogP contribution in [0.4, 0.5) is 0 Å². The Morgan fingerprint density at radius 1 is 1.47 bits per heavy atom. The van der Waals surface area contributed by atoms with Crippen molar-refractivity contribution in [1.82, 2.24) is 20.2 Å². The molecule has 0 aliphatic heterocycles. The normalized spacial score (nSPS) is 10.2. The minimum atomic E-state index is 0.475. The fraction of sp³-hybridized carbons (Fsp3) is 0.273. The zero-order chi connectivity index (χ0) is 12.3. The Balaban J connectivity index is 2.50. The molecule has 0 fully saturated rings. The van der Waals surface area contributed by atoms with E-state index < -0.39 is 0 Å². The number of ether oxygens (including phenoxy) is 1. The molecular weight excluding hydrogens is 220 g/mol. The number of rotatable bonds is 4. The Hall–Kier alpha value is -2.24. The topological polar surface area (TPSA) is 69.9 Å². The fourth-order valence-corrected chi connectivity index (χ4v) is 1.57. The van der Waals surface area contributed by atoms with E-state index in [0.717, 1.165) is 24.2 Å². The highest BCUT2D eigenvalue weighted by molar-refractivity contribution is 5.80. The molecule has 0 radical (unpaired) electrons. The van der Waals surface area contributed by atoms with Crippen molar-refractivity contribution in [3.8, 4) is 11.4 Å². The van der Waals surface area contributed by atoms with Crippen molar-refractivity contribution in [3.63, 3.8) is 0 Å².